The number of benzene rings is 2. The molecule has 0 saturated carbocycles. The van der Waals surface area contributed by atoms with Gasteiger partial charge in [-0.25, -0.2) is 9.69 Å². The molecule has 0 aliphatic carbocycles. The Hall–Kier alpha value is -3.15. The van der Waals surface area contributed by atoms with Crippen LogP contribution in [0.5, 0.6) is 5.75 Å². The molecule has 2 aromatic rings. The van der Waals surface area contributed by atoms with Crippen LogP contribution in [0.25, 0.3) is 0 Å². The van der Waals surface area contributed by atoms with Crippen LogP contribution in [0.3, 0.4) is 0 Å². The lowest BCUT2D eigenvalue weighted by Crippen LogP contribution is -2.58. The van der Waals surface area contributed by atoms with E-state index in [1.54, 1.807) is 42.5 Å². The number of imide groups is 1. The molecule has 0 bridgehead atoms. The molecule has 1 atom stereocenters. The van der Waals surface area contributed by atoms with Crippen LogP contribution >= 0.6 is 0 Å². The average Bonchev–Trinajstić information content (AvgIpc) is 2.94. The zero-order valence-corrected chi connectivity index (χ0v) is 13.6. The lowest BCUT2D eigenvalue weighted by atomic mass is 10.0. The standard InChI is InChI=1S/C19H17NO5/c1-13-7-9-15(10-8-13)25-19(18(23)24,14-5-3-2-4-6-14)20-16(21)11-12-17(20)22/h2-10H,11-12H2,1H3,(H,23,24). The fourth-order valence-corrected chi connectivity index (χ4v) is 2.87. The molecule has 128 valence electrons. The molecule has 1 unspecified atom stereocenters. The number of nitrogens with zero attached hydrogens (tertiary/aromatic N) is 1. The smallest absolute Gasteiger partial charge is 0.375 e. The normalized spacial score (nSPS) is 16.6. The number of carboxylic acid groups (broad SMARTS) is 1. The largest absolute Gasteiger partial charge is 0.477 e. The third-order valence-electron chi connectivity index (χ3n) is 4.11. The van der Waals surface area contributed by atoms with E-state index in [2.05, 4.69) is 0 Å². The number of ether oxygens (including phenoxy) is 1. The van der Waals surface area contributed by atoms with Crippen molar-refractivity contribution in [1.29, 1.82) is 0 Å². The maximum atomic E-state index is 12.3. The number of likely N-dealkylation sites (tertiary alicyclic amines) is 1. The molecule has 2 aromatic carbocycles. The van der Waals surface area contributed by atoms with Crippen molar-refractivity contribution in [2.75, 3.05) is 0 Å². The van der Waals surface area contributed by atoms with E-state index in [0.29, 0.717) is 0 Å². The van der Waals surface area contributed by atoms with E-state index >= 15 is 0 Å². The van der Waals surface area contributed by atoms with Crippen molar-refractivity contribution in [3.8, 4) is 5.75 Å². The van der Waals surface area contributed by atoms with E-state index in [9.17, 15) is 19.5 Å². The van der Waals surface area contributed by atoms with Gasteiger partial charge in [0.05, 0.1) is 0 Å². The summed E-state index contributed by atoms with van der Waals surface area (Å²) in [6.45, 7) is 1.89. The first kappa shape index (κ1) is 16.7. The van der Waals surface area contributed by atoms with E-state index < -0.39 is 23.5 Å². The third kappa shape index (κ3) is 2.87. The van der Waals surface area contributed by atoms with Crippen molar-refractivity contribution in [2.24, 2.45) is 0 Å². The summed E-state index contributed by atoms with van der Waals surface area (Å²) in [5.74, 6) is -2.31. The van der Waals surface area contributed by atoms with Gasteiger partial charge >= 0.3 is 11.7 Å². The summed E-state index contributed by atoms with van der Waals surface area (Å²) in [5, 5.41) is 10.0. The highest BCUT2D eigenvalue weighted by atomic mass is 16.5. The van der Waals surface area contributed by atoms with Gasteiger partial charge in [0.25, 0.3) is 0 Å². The van der Waals surface area contributed by atoms with Crippen molar-refractivity contribution in [3.63, 3.8) is 0 Å². The minimum atomic E-state index is -2.23. The number of aliphatic carboxylic acids is 1. The fraction of sp³-hybridized carbons (Fsp3) is 0.211. The van der Waals surface area contributed by atoms with Gasteiger partial charge in [0.15, 0.2) is 0 Å². The first-order chi connectivity index (χ1) is 11.9. The Balaban J connectivity index is 2.18. The molecule has 1 saturated heterocycles. The lowest BCUT2D eigenvalue weighted by molar-refractivity contribution is -0.186. The van der Waals surface area contributed by atoms with Gasteiger partial charge < -0.3 is 9.84 Å². The Morgan fingerprint density at radius 2 is 1.56 bits per heavy atom. The summed E-state index contributed by atoms with van der Waals surface area (Å²) in [4.78, 5) is 37.7. The van der Waals surface area contributed by atoms with Gasteiger partial charge in [0.1, 0.15) is 5.75 Å². The van der Waals surface area contributed by atoms with Crippen molar-refractivity contribution < 1.29 is 24.2 Å². The van der Waals surface area contributed by atoms with Gasteiger partial charge in [-0.15, -0.1) is 0 Å². The van der Waals surface area contributed by atoms with Gasteiger partial charge in [0, 0.05) is 18.4 Å². The number of hydrogen-bond donors (Lipinski definition) is 1. The molecule has 1 fully saturated rings. The highest BCUT2D eigenvalue weighted by Crippen LogP contribution is 2.36. The summed E-state index contributed by atoms with van der Waals surface area (Å²) < 4.78 is 5.81. The molecule has 0 spiro atoms. The minimum absolute atomic E-state index is 0.0298. The zero-order valence-electron chi connectivity index (χ0n) is 13.6. The predicted molar refractivity (Wildman–Crippen MR) is 88.6 cm³/mol. The van der Waals surface area contributed by atoms with E-state index in [1.165, 1.54) is 12.1 Å². The summed E-state index contributed by atoms with van der Waals surface area (Å²) in [6.07, 6.45) is -0.0596. The van der Waals surface area contributed by atoms with Crippen LogP contribution in [0.15, 0.2) is 54.6 Å². The first-order valence-corrected chi connectivity index (χ1v) is 7.85. The van der Waals surface area contributed by atoms with Crippen LogP contribution in [0.4, 0.5) is 0 Å². The van der Waals surface area contributed by atoms with E-state index in [1.807, 2.05) is 6.92 Å². The molecule has 6 heteroatoms. The summed E-state index contributed by atoms with van der Waals surface area (Å²) >= 11 is 0. The first-order valence-electron chi connectivity index (χ1n) is 7.85. The topological polar surface area (TPSA) is 83.9 Å². The number of amides is 2. The summed E-state index contributed by atoms with van der Waals surface area (Å²) in [7, 11) is 0. The molecule has 2 amide bonds. The van der Waals surface area contributed by atoms with Crippen molar-refractivity contribution in [1.82, 2.24) is 4.90 Å². The summed E-state index contributed by atoms with van der Waals surface area (Å²) in [6, 6.07) is 14.8. The zero-order chi connectivity index (χ0) is 18.0. The van der Waals surface area contributed by atoms with Crippen LogP contribution in [-0.4, -0.2) is 27.8 Å². The van der Waals surface area contributed by atoms with Gasteiger partial charge in [-0.3, -0.25) is 9.59 Å². The van der Waals surface area contributed by atoms with E-state index in [0.717, 1.165) is 10.5 Å². The Morgan fingerprint density at radius 1 is 1.00 bits per heavy atom. The fourth-order valence-electron chi connectivity index (χ4n) is 2.87. The molecule has 3 rings (SSSR count). The van der Waals surface area contributed by atoms with Crippen molar-refractivity contribution >= 4 is 17.8 Å². The maximum Gasteiger partial charge on any atom is 0.375 e. The highest BCUT2D eigenvalue weighted by Gasteiger charge is 2.56. The minimum Gasteiger partial charge on any atom is -0.477 e. The SMILES string of the molecule is Cc1ccc(OC(C(=O)O)(c2ccccc2)N2C(=O)CCC2=O)cc1. The Bertz CT molecular complexity index is 799. The molecule has 1 heterocycles. The number of carbonyl (C=O) groups is 3. The number of carboxylic acids is 1. The molecule has 1 aliphatic heterocycles. The second-order valence-electron chi connectivity index (χ2n) is 5.85. The molecule has 0 radical (unpaired) electrons. The average molecular weight is 339 g/mol. The molecule has 1 N–H and O–H groups in total. The molecular weight excluding hydrogens is 322 g/mol. The van der Waals surface area contributed by atoms with Crippen LogP contribution in [0.1, 0.15) is 24.0 Å². The van der Waals surface area contributed by atoms with Crippen LogP contribution in [-0.2, 0) is 20.1 Å². The van der Waals surface area contributed by atoms with Crippen molar-refractivity contribution in [2.45, 2.75) is 25.5 Å². The molecule has 25 heavy (non-hydrogen) atoms. The Kier molecular flexibility index (Phi) is 4.27. The lowest BCUT2D eigenvalue weighted by Gasteiger charge is -2.37. The van der Waals surface area contributed by atoms with E-state index in [4.69, 9.17) is 4.74 Å². The summed E-state index contributed by atoms with van der Waals surface area (Å²) in [5.41, 5.74) is -1.06. The van der Waals surface area contributed by atoms with Crippen LogP contribution < -0.4 is 4.74 Å². The van der Waals surface area contributed by atoms with E-state index in [-0.39, 0.29) is 24.2 Å². The molecule has 6 nitrogen and oxygen atoms in total. The third-order valence-corrected chi connectivity index (χ3v) is 4.11. The highest BCUT2D eigenvalue weighted by molar-refractivity contribution is 6.06. The number of carbonyl (C=O) groups excluding carboxylic acids is 2. The molecule has 0 aromatic heterocycles. The number of hydrogen-bond acceptors (Lipinski definition) is 4. The van der Waals surface area contributed by atoms with Crippen LogP contribution in [0, 0.1) is 6.92 Å². The van der Waals surface area contributed by atoms with Crippen molar-refractivity contribution in [3.05, 3.63) is 65.7 Å². The Labute approximate surface area is 144 Å². The monoisotopic (exact) mass is 339 g/mol. The predicted octanol–water partition coefficient (Wildman–Crippen LogP) is 2.46. The molecular formula is C19H17NO5. The van der Waals surface area contributed by atoms with Gasteiger partial charge in [0.2, 0.25) is 11.8 Å². The second kappa shape index (κ2) is 6.39. The maximum absolute atomic E-state index is 12.3. The van der Waals surface area contributed by atoms with Crippen LogP contribution in [0.2, 0.25) is 0 Å². The van der Waals surface area contributed by atoms with Gasteiger partial charge in [-0.1, -0.05) is 48.0 Å². The Morgan fingerprint density at radius 3 is 2.08 bits per heavy atom. The second-order valence-corrected chi connectivity index (χ2v) is 5.85. The molecule has 1 aliphatic rings. The number of aryl methyl sites for hydroxylation is 1. The van der Waals surface area contributed by atoms with Gasteiger partial charge in [-0.2, -0.15) is 0 Å². The van der Waals surface area contributed by atoms with Gasteiger partial charge in [-0.05, 0) is 19.1 Å². The quantitative estimate of drug-likeness (QED) is 0.846. The number of rotatable bonds is 5.